The Hall–Kier alpha value is -2.62. The fraction of sp³-hybridized carbons (Fsp3) is 0.435. The number of carbonyl (C=O) groups excluding carboxylic acids is 1. The van der Waals surface area contributed by atoms with E-state index in [1.165, 1.54) is 15.3 Å². The first-order chi connectivity index (χ1) is 15.4. The first-order valence-corrected chi connectivity index (χ1v) is 12.0. The second-order valence-electron chi connectivity index (χ2n) is 7.44. The van der Waals surface area contributed by atoms with Crippen molar-refractivity contribution in [3.63, 3.8) is 0 Å². The van der Waals surface area contributed by atoms with Gasteiger partial charge in [0.2, 0.25) is 10.0 Å². The van der Waals surface area contributed by atoms with Crippen LogP contribution in [-0.2, 0) is 21.2 Å². The van der Waals surface area contributed by atoms with Crippen molar-refractivity contribution >= 4 is 15.9 Å². The maximum absolute atomic E-state index is 13.2. The minimum atomic E-state index is -3.70. The van der Waals surface area contributed by atoms with Gasteiger partial charge in [-0.1, -0.05) is 13.0 Å². The number of hydrogen-bond donors (Lipinski definition) is 0. The SMILES string of the molecule is CCc1ccc(C(=O)N(C)CCOc2ccc(OC)cc2)cc1S(=O)(=O)N1CCOCC1. The zero-order valence-electron chi connectivity index (χ0n) is 18.7. The van der Waals surface area contributed by atoms with Gasteiger partial charge in [0.05, 0.1) is 31.8 Å². The molecule has 1 heterocycles. The van der Waals surface area contributed by atoms with Gasteiger partial charge < -0.3 is 19.1 Å². The predicted molar refractivity (Wildman–Crippen MR) is 121 cm³/mol. The summed E-state index contributed by atoms with van der Waals surface area (Å²) in [5.74, 6) is 1.16. The van der Waals surface area contributed by atoms with Crippen molar-refractivity contribution in [1.29, 1.82) is 0 Å². The van der Waals surface area contributed by atoms with Crippen molar-refractivity contribution < 1.29 is 27.4 Å². The van der Waals surface area contributed by atoms with Crippen LogP contribution in [0.15, 0.2) is 47.4 Å². The van der Waals surface area contributed by atoms with E-state index < -0.39 is 10.0 Å². The number of benzene rings is 2. The maximum Gasteiger partial charge on any atom is 0.253 e. The highest BCUT2D eigenvalue weighted by Crippen LogP contribution is 2.24. The van der Waals surface area contributed by atoms with Crippen LogP contribution < -0.4 is 9.47 Å². The zero-order chi connectivity index (χ0) is 23.1. The van der Waals surface area contributed by atoms with Gasteiger partial charge in [-0.25, -0.2) is 8.42 Å². The quantitative estimate of drug-likeness (QED) is 0.569. The summed E-state index contributed by atoms with van der Waals surface area (Å²) >= 11 is 0. The van der Waals surface area contributed by atoms with Crippen molar-refractivity contribution in [3.8, 4) is 11.5 Å². The number of methoxy groups -OCH3 is 1. The molecule has 0 bridgehead atoms. The third-order valence-electron chi connectivity index (χ3n) is 5.38. The van der Waals surface area contributed by atoms with Gasteiger partial charge in [-0.05, 0) is 48.4 Å². The maximum atomic E-state index is 13.2. The molecule has 9 heteroatoms. The van der Waals surface area contributed by atoms with Crippen molar-refractivity contribution in [3.05, 3.63) is 53.6 Å². The third-order valence-corrected chi connectivity index (χ3v) is 7.37. The molecule has 1 fully saturated rings. The molecule has 1 amide bonds. The molecule has 0 unspecified atom stereocenters. The van der Waals surface area contributed by atoms with E-state index in [0.717, 1.165) is 5.75 Å². The van der Waals surface area contributed by atoms with Gasteiger partial charge in [0.25, 0.3) is 5.91 Å². The van der Waals surface area contributed by atoms with Crippen LogP contribution in [0.2, 0.25) is 0 Å². The highest BCUT2D eigenvalue weighted by atomic mass is 32.2. The van der Waals surface area contributed by atoms with Gasteiger partial charge in [0.1, 0.15) is 18.1 Å². The summed E-state index contributed by atoms with van der Waals surface area (Å²) in [6.07, 6.45) is 0.554. The van der Waals surface area contributed by atoms with E-state index in [1.807, 2.05) is 6.92 Å². The molecule has 2 aromatic carbocycles. The number of hydrogen-bond acceptors (Lipinski definition) is 6. The van der Waals surface area contributed by atoms with Crippen LogP contribution in [0.25, 0.3) is 0 Å². The third kappa shape index (κ3) is 5.59. The number of carbonyl (C=O) groups is 1. The Balaban J connectivity index is 1.69. The van der Waals surface area contributed by atoms with Gasteiger partial charge in [0, 0.05) is 25.7 Å². The van der Waals surface area contributed by atoms with Gasteiger partial charge in [0.15, 0.2) is 0 Å². The minimum Gasteiger partial charge on any atom is -0.497 e. The molecule has 3 rings (SSSR count). The lowest BCUT2D eigenvalue weighted by Crippen LogP contribution is -2.41. The summed E-state index contributed by atoms with van der Waals surface area (Å²) in [7, 11) is -0.429. The Bertz CT molecular complexity index is 1020. The summed E-state index contributed by atoms with van der Waals surface area (Å²) in [6.45, 7) is 3.93. The van der Waals surface area contributed by atoms with Gasteiger partial charge >= 0.3 is 0 Å². The van der Waals surface area contributed by atoms with E-state index in [0.29, 0.717) is 62.8 Å². The lowest BCUT2D eigenvalue weighted by atomic mass is 10.1. The number of ether oxygens (including phenoxy) is 3. The molecule has 0 saturated carbocycles. The lowest BCUT2D eigenvalue weighted by Gasteiger charge is -2.27. The number of sulfonamides is 1. The lowest BCUT2D eigenvalue weighted by molar-refractivity contribution is 0.0729. The largest absolute Gasteiger partial charge is 0.497 e. The molecule has 0 atom stereocenters. The van der Waals surface area contributed by atoms with E-state index in [2.05, 4.69) is 0 Å². The first kappa shape index (κ1) is 24.0. The van der Waals surface area contributed by atoms with Gasteiger partial charge in [-0.3, -0.25) is 4.79 Å². The Morgan fingerprint density at radius 3 is 2.38 bits per heavy atom. The van der Waals surface area contributed by atoms with E-state index in [9.17, 15) is 13.2 Å². The molecule has 0 aliphatic carbocycles. The molecule has 174 valence electrons. The van der Waals surface area contributed by atoms with Crippen LogP contribution in [0.4, 0.5) is 0 Å². The fourth-order valence-corrected chi connectivity index (χ4v) is 5.17. The second-order valence-corrected chi connectivity index (χ2v) is 9.35. The molecule has 2 aromatic rings. The standard InChI is InChI=1S/C23H30N2O6S/c1-4-18-5-6-19(17-22(18)32(27,28)25-12-14-30-15-13-25)23(26)24(2)11-16-31-21-9-7-20(29-3)8-10-21/h5-10,17H,4,11-16H2,1-3H3. The molecular formula is C23H30N2O6S. The molecule has 32 heavy (non-hydrogen) atoms. The number of likely N-dealkylation sites (N-methyl/N-ethyl adjacent to an activating group) is 1. The summed E-state index contributed by atoms with van der Waals surface area (Å²) in [4.78, 5) is 14.7. The first-order valence-electron chi connectivity index (χ1n) is 10.6. The highest BCUT2D eigenvalue weighted by Gasteiger charge is 2.29. The Labute approximate surface area is 189 Å². The number of rotatable bonds is 9. The Morgan fingerprint density at radius 1 is 1.09 bits per heavy atom. The fourth-order valence-electron chi connectivity index (χ4n) is 3.44. The van der Waals surface area contributed by atoms with Crippen LogP contribution in [0.3, 0.4) is 0 Å². The Kier molecular flexibility index (Phi) is 8.11. The van der Waals surface area contributed by atoms with E-state index in [4.69, 9.17) is 14.2 Å². The smallest absolute Gasteiger partial charge is 0.253 e. The van der Waals surface area contributed by atoms with Crippen LogP contribution in [0, 0.1) is 0 Å². The molecule has 0 aromatic heterocycles. The second kappa shape index (κ2) is 10.8. The molecule has 1 aliphatic heterocycles. The average molecular weight is 463 g/mol. The van der Waals surface area contributed by atoms with Crippen LogP contribution in [-0.4, -0.2) is 77.1 Å². The van der Waals surface area contributed by atoms with Crippen LogP contribution in [0.5, 0.6) is 11.5 Å². The van der Waals surface area contributed by atoms with E-state index in [1.54, 1.807) is 50.6 Å². The molecule has 8 nitrogen and oxygen atoms in total. The van der Waals surface area contributed by atoms with Crippen molar-refractivity contribution in [2.45, 2.75) is 18.2 Å². The molecule has 1 aliphatic rings. The molecule has 0 radical (unpaired) electrons. The van der Waals surface area contributed by atoms with Gasteiger partial charge in [-0.2, -0.15) is 4.31 Å². The molecule has 0 spiro atoms. The summed E-state index contributed by atoms with van der Waals surface area (Å²) < 4.78 is 43.9. The highest BCUT2D eigenvalue weighted by molar-refractivity contribution is 7.89. The summed E-state index contributed by atoms with van der Waals surface area (Å²) in [6, 6.07) is 12.1. The number of aryl methyl sites for hydroxylation is 1. The number of morpholine rings is 1. The van der Waals surface area contributed by atoms with E-state index in [-0.39, 0.29) is 10.8 Å². The van der Waals surface area contributed by atoms with Crippen LogP contribution in [0.1, 0.15) is 22.8 Å². The molecule has 0 N–H and O–H groups in total. The van der Waals surface area contributed by atoms with E-state index >= 15 is 0 Å². The minimum absolute atomic E-state index is 0.190. The molecular weight excluding hydrogens is 432 g/mol. The normalized spacial score (nSPS) is 14.7. The van der Waals surface area contributed by atoms with Crippen molar-refractivity contribution in [2.24, 2.45) is 0 Å². The van der Waals surface area contributed by atoms with Crippen molar-refractivity contribution in [2.75, 3.05) is 53.6 Å². The topological polar surface area (TPSA) is 85.4 Å². The average Bonchev–Trinajstić information content (AvgIpc) is 2.84. The van der Waals surface area contributed by atoms with Crippen LogP contribution >= 0.6 is 0 Å². The zero-order valence-corrected chi connectivity index (χ0v) is 19.6. The van der Waals surface area contributed by atoms with Crippen molar-refractivity contribution in [1.82, 2.24) is 9.21 Å². The summed E-state index contributed by atoms with van der Waals surface area (Å²) in [5, 5.41) is 0. The summed E-state index contributed by atoms with van der Waals surface area (Å²) in [5.41, 5.74) is 1.03. The Morgan fingerprint density at radius 2 is 1.75 bits per heavy atom. The number of amides is 1. The predicted octanol–water partition coefficient (Wildman–Crippen LogP) is 2.43. The monoisotopic (exact) mass is 462 g/mol. The number of nitrogens with zero attached hydrogens (tertiary/aromatic N) is 2. The molecule has 1 saturated heterocycles. The van der Waals surface area contributed by atoms with Gasteiger partial charge in [-0.15, -0.1) is 0 Å².